The lowest BCUT2D eigenvalue weighted by molar-refractivity contribution is -0.150. The Hall–Kier alpha value is -2.07. The van der Waals surface area contributed by atoms with Crippen molar-refractivity contribution in [3.63, 3.8) is 0 Å². The van der Waals surface area contributed by atoms with E-state index in [-0.39, 0.29) is 24.3 Å². The Morgan fingerprint density at radius 2 is 2.05 bits per heavy atom. The van der Waals surface area contributed by atoms with Gasteiger partial charge in [0.15, 0.2) is 0 Å². The van der Waals surface area contributed by atoms with Gasteiger partial charge in [0, 0.05) is 12.1 Å². The summed E-state index contributed by atoms with van der Waals surface area (Å²) in [5.41, 5.74) is -0.0447. The number of hydrogen-bond donors (Lipinski definition) is 2. The van der Waals surface area contributed by atoms with Crippen molar-refractivity contribution in [2.24, 2.45) is 0 Å². The third-order valence-corrected chi connectivity index (χ3v) is 2.07. The zero-order valence-corrected chi connectivity index (χ0v) is 10.2. The summed E-state index contributed by atoms with van der Waals surface area (Å²) in [6, 6.07) is 3.38. The second-order valence-corrected chi connectivity index (χ2v) is 3.81. The Morgan fingerprint density at radius 3 is 2.60 bits per heavy atom. The van der Waals surface area contributed by atoms with Crippen LogP contribution in [0.5, 0.6) is 0 Å². The molecule has 0 atom stereocenters. The number of aliphatic hydroxyl groups is 1. The predicted molar refractivity (Wildman–Crippen MR) is 64.3 cm³/mol. The number of anilines is 1. The first-order valence-electron chi connectivity index (χ1n) is 5.57. The van der Waals surface area contributed by atoms with E-state index in [0.717, 1.165) is 6.07 Å². The molecule has 108 valence electrons. The van der Waals surface area contributed by atoms with Gasteiger partial charge in [0.1, 0.15) is 12.2 Å². The normalized spacial score (nSPS) is 10.7. The van der Waals surface area contributed by atoms with E-state index < -0.39 is 24.3 Å². The summed E-state index contributed by atoms with van der Waals surface area (Å²) in [5, 5.41) is 10.5. The lowest BCUT2D eigenvalue weighted by Crippen LogP contribution is -2.21. The Morgan fingerprint density at radius 1 is 1.35 bits per heavy atom. The van der Waals surface area contributed by atoms with Crippen molar-refractivity contribution in [3.05, 3.63) is 29.6 Å². The summed E-state index contributed by atoms with van der Waals surface area (Å²) < 4.78 is 49.4. The van der Waals surface area contributed by atoms with E-state index in [4.69, 9.17) is 5.11 Å². The molecular formula is C13H11F4NO2. The molecule has 0 aliphatic rings. The maximum atomic E-state index is 13.5. The van der Waals surface area contributed by atoms with Gasteiger partial charge >= 0.3 is 6.18 Å². The molecule has 0 aromatic heterocycles. The van der Waals surface area contributed by atoms with Crippen LogP contribution in [-0.4, -0.2) is 23.8 Å². The number of nitrogens with one attached hydrogen (secondary N) is 1. The average Bonchev–Trinajstić information content (AvgIpc) is 2.29. The molecule has 1 aromatic rings. The highest BCUT2D eigenvalue weighted by Gasteiger charge is 2.31. The van der Waals surface area contributed by atoms with Crippen LogP contribution in [0.25, 0.3) is 0 Å². The molecule has 1 amide bonds. The molecule has 0 saturated carbocycles. The van der Waals surface area contributed by atoms with E-state index in [1.54, 1.807) is 0 Å². The fourth-order valence-corrected chi connectivity index (χ4v) is 1.30. The number of amides is 1. The molecule has 7 heteroatoms. The van der Waals surface area contributed by atoms with Gasteiger partial charge in [0.25, 0.3) is 0 Å². The van der Waals surface area contributed by atoms with E-state index in [2.05, 4.69) is 11.8 Å². The Labute approximate surface area is 112 Å². The van der Waals surface area contributed by atoms with Crippen LogP contribution in [0.1, 0.15) is 18.4 Å². The number of carbonyl (C=O) groups excluding carboxylic acids is 1. The molecule has 0 aliphatic heterocycles. The molecule has 0 unspecified atom stereocenters. The van der Waals surface area contributed by atoms with Crippen LogP contribution in [0.15, 0.2) is 18.2 Å². The van der Waals surface area contributed by atoms with Gasteiger partial charge in [-0.25, -0.2) is 4.39 Å². The number of hydrogen-bond acceptors (Lipinski definition) is 2. The number of aliphatic hydroxyl groups excluding tert-OH is 1. The molecule has 0 aliphatic carbocycles. The smallest absolute Gasteiger partial charge is 0.395 e. The van der Waals surface area contributed by atoms with E-state index in [1.807, 2.05) is 5.32 Å². The molecule has 0 bridgehead atoms. The molecule has 1 rings (SSSR count). The summed E-state index contributed by atoms with van der Waals surface area (Å²) >= 11 is 0. The second-order valence-electron chi connectivity index (χ2n) is 3.81. The van der Waals surface area contributed by atoms with Crippen LogP contribution >= 0.6 is 0 Å². The van der Waals surface area contributed by atoms with E-state index in [1.165, 1.54) is 12.1 Å². The van der Waals surface area contributed by atoms with Crippen LogP contribution in [0.3, 0.4) is 0 Å². The van der Waals surface area contributed by atoms with Gasteiger partial charge in [-0.3, -0.25) is 4.79 Å². The molecule has 2 N–H and O–H groups in total. The highest BCUT2D eigenvalue weighted by atomic mass is 19.4. The third-order valence-electron chi connectivity index (χ3n) is 2.07. The van der Waals surface area contributed by atoms with Gasteiger partial charge in [-0.1, -0.05) is 11.8 Å². The van der Waals surface area contributed by atoms with Crippen LogP contribution in [0, 0.1) is 17.7 Å². The maximum absolute atomic E-state index is 13.5. The van der Waals surface area contributed by atoms with Crippen molar-refractivity contribution < 1.29 is 27.5 Å². The minimum Gasteiger partial charge on any atom is -0.395 e. The number of carbonyl (C=O) groups is 1. The second kappa shape index (κ2) is 6.91. The lowest BCUT2D eigenvalue weighted by atomic mass is 10.2. The van der Waals surface area contributed by atoms with Crippen LogP contribution in [-0.2, 0) is 4.79 Å². The van der Waals surface area contributed by atoms with Crippen LogP contribution < -0.4 is 5.32 Å². The summed E-state index contributed by atoms with van der Waals surface area (Å²) in [6.45, 7) is -0.153. The van der Waals surface area contributed by atoms with Crippen molar-refractivity contribution in [1.29, 1.82) is 0 Å². The maximum Gasteiger partial charge on any atom is 0.397 e. The summed E-state index contributed by atoms with van der Waals surface area (Å²) in [7, 11) is 0. The van der Waals surface area contributed by atoms with Crippen molar-refractivity contribution in [2.75, 3.05) is 11.9 Å². The molecule has 0 saturated heterocycles. The molecule has 0 radical (unpaired) electrons. The van der Waals surface area contributed by atoms with Crippen molar-refractivity contribution >= 4 is 11.6 Å². The molecule has 0 heterocycles. The first-order valence-corrected chi connectivity index (χ1v) is 5.57. The SMILES string of the molecule is O=C(CC(F)(F)F)Nc1ccc(C#CCCO)c(F)c1. The number of halogens is 4. The minimum absolute atomic E-state index is 0.0345. The zero-order chi connectivity index (χ0) is 15.2. The zero-order valence-electron chi connectivity index (χ0n) is 10.2. The van der Waals surface area contributed by atoms with Crippen LogP contribution in [0.4, 0.5) is 23.2 Å². The standard InChI is InChI=1S/C13H11F4NO2/c14-11-7-10(18-12(20)8-13(15,16)17)5-4-9(11)3-1-2-6-19/h4-5,7,19H,2,6,8H2,(H,18,20). The van der Waals surface area contributed by atoms with E-state index in [0.29, 0.717) is 0 Å². The van der Waals surface area contributed by atoms with Gasteiger partial charge < -0.3 is 10.4 Å². The number of alkyl halides is 3. The van der Waals surface area contributed by atoms with Gasteiger partial charge in [-0.15, -0.1) is 0 Å². The number of benzene rings is 1. The lowest BCUT2D eigenvalue weighted by Gasteiger charge is -2.08. The van der Waals surface area contributed by atoms with Gasteiger partial charge in [0.2, 0.25) is 5.91 Å². The third kappa shape index (κ3) is 5.71. The Balaban J connectivity index is 2.73. The molecule has 20 heavy (non-hydrogen) atoms. The topological polar surface area (TPSA) is 49.3 Å². The largest absolute Gasteiger partial charge is 0.397 e. The molecule has 1 aromatic carbocycles. The summed E-state index contributed by atoms with van der Waals surface area (Å²) in [4.78, 5) is 11.0. The molecular weight excluding hydrogens is 278 g/mol. The van der Waals surface area contributed by atoms with Crippen molar-refractivity contribution in [2.45, 2.75) is 19.0 Å². The highest BCUT2D eigenvalue weighted by Crippen LogP contribution is 2.21. The Kier molecular flexibility index (Phi) is 5.53. The summed E-state index contributed by atoms with van der Waals surface area (Å²) in [6.07, 6.45) is -6.06. The minimum atomic E-state index is -4.61. The van der Waals surface area contributed by atoms with Gasteiger partial charge in [-0.2, -0.15) is 13.2 Å². The highest BCUT2D eigenvalue weighted by molar-refractivity contribution is 5.91. The predicted octanol–water partition coefficient (Wildman–Crippen LogP) is 2.45. The van der Waals surface area contributed by atoms with Gasteiger partial charge in [0.05, 0.1) is 12.2 Å². The fraction of sp³-hybridized carbons (Fsp3) is 0.308. The van der Waals surface area contributed by atoms with Gasteiger partial charge in [-0.05, 0) is 18.2 Å². The van der Waals surface area contributed by atoms with E-state index >= 15 is 0 Å². The van der Waals surface area contributed by atoms with Crippen molar-refractivity contribution in [3.8, 4) is 11.8 Å². The molecule has 0 spiro atoms. The van der Waals surface area contributed by atoms with Crippen molar-refractivity contribution in [1.82, 2.24) is 0 Å². The monoisotopic (exact) mass is 289 g/mol. The molecule has 0 fully saturated rings. The number of rotatable bonds is 3. The summed E-state index contributed by atoms with van der Waals surface area (Å²) in [5.74, 6) is 2.93. The quantitative estimate of drug-likeness (QED) is 0.663. The Bertz CT molecular complexity index is 544. The average molecular weight is 289 g/mol. The van der Waals surface area contributed by atoms with Crippen LogP contribution in [0.2, 0.25) is 0 Å². The van der Waals surface area contributed by atoms with E-state index in [9.17, 15) is 22.4 Å². The first-order chi connectivity index (χ1) is 9.31. The molecule has 3 nitrogen and oxygen atoms in total. The fourth-order valence-electron chi connectivity index (χ4n) is 1.30. The first kappa shape index (κ1) is 16.0.